The molecule has 1 heterocycles. The number of amides is 1. The molecule has 0 unspecified atom stereocenters. The minimum atomic E-state index is -0.733. The van der Waals surface area contributed by atoms with Crippen LogP contribution in [0.15, 0.2) is 24.3 Å². The van der Waals surface area contributed by atoms with E-state index in [1.165, 1.54) is 12.8 Å². The van der Waals surface area contributed by atoms with Gasteiger partial charge in [-0.3, -0.25) is 9.59 Å². The summed E-state index contributed by atoms with van der Waals surface area (Å²) in [5, 5.41) is 12.1. The van der Waals surface area contributed by atoms with E-state index in [0.29, 0.717) is 25.7 Å². The van der Waals surface area contributed by atoms with Crippen molar-refractivity contribution >= 4 is 23.3 Å². The average molecular weight is 316 g/mol. The quantitative estimate of drug-likeness (QED) is 0.895. The highest BCUT2D eigenvalue weighted by molar-refractivity contribution is 5.96. The van der Waals surface area contributed by atoms with E-state index in [1.807, 2.05) is 18.2 Å². The van der Waals surface area contributed by atoms with Crippen LogP contribution in [0.3, 0.4) is 0 Å². The van der Waals surface area contributed by atoms with Crippen LogP contribution in [0.4, 0.5) is 11.4 Å². The summed E-state index contributed by atoms with van der Waals surface area (Å²) in [6.07, 6.45) is 4.91. The minimum Gasteiger partial charge on any atom is -0.481 e. The highest BCUT2D eigenvalue weighted by atomic mass is 16.4. The van der Waals surface area contributed by atoms with Gasteiger partial charge in [-0.1, -0.05) is 12.1 Å². The Labute approximate surface area is 136 Å². The maximum Gasteiger partial charge on any atom is 0.306 e. The molecule has 1 aliphatic carbocycles. The topological polar surface area (TPSA) is 69.6 Å². The number of rotatable bonds is 4. The molecule has 5 nitrogen and oxygen atoms in total. The minimum absolute atomic E-state index is 0.0282. The zero-order valence-corrected chi connectivity index (χ0v) is 13.3. The van der Waals surface area contributed by atoms with Crippen LogP contribution in [-0.2, 0) is 9.59 Å². The molecule has 0 atom stereocenters. The second-order valence-electron chi connectivity index (χ2n) is 6.59. The van der Waals surface area contributed by atoms with E-state index in [0.717, 1.165) is 24.5 Å². The van der Waals surface area contributed by atoms with Gasteiger partial charge in [-0.25, -0.2) is 0 Å². The molecule has 2 fully saturated rings. The van der Waals surface area contributed by atoms with Crippen molar-refractivity contribution in [3.63, 3.8) is 0 Å². The number of benzene rings is 1. The first-order valence-corrected chi connectivity index (χ1v) is 8.53. The molecule has 1 saturated heterocycles. The summed E-state index contributed by atoms with van der Waals surface area (Å²) in [5.74, 6) is -1.06. The van der Waals surface area contributed by atoms with Crippen molar-refractivity contribution in [1.29, 1.82) is 0 Å². The van der Waals surface area contributed by atoms with E-state index >= 15 is 0 Å². The van der Waals surface area contributed by atoms with Gasteiger partial charge >= 0.3 is 5.97 Å². The second-order valence-corrected chi connectivity index (χ2v) is 6.59. The Kier molecular flexibility index (Phi) is 4.84. The number of hydrogen-bond acceptors (Lipinski definition) is 3. The Morgan fingerprint density at radius 1 is 1.00 bits per heavy atom. The van der Waals surface area contributed by atoms with Gasteiger partial charge in [0.1, 0.15) is 0 Å². The van der Waals surface area contributed by atoms with Crippen molar-refractivity contribution in [2.75, 3.05) is 23.3 Å². The van der Waals surface area contributed by atoms with Gasteiger partial charge in [0.2, 0.25) is 5.91 Å². The van der Waals surface area contributed by atoms with Crippen molar-refractivity contribution < 1.29 is 14.7 Å². The van der Waals surface area contributed by atoms with Gasteiger partial charge in [-0.2, -0.15) is 0 Å². The number of nitrogens with zero attached hydrogens (tertiary/aromatic N) is 1. The number of anilines is 2. The molecular formula is C18H24N2O3. The molecule has 23 heavy (non-hydrogen) atoms. The fourth-order valence-corrected chi connectivity index (χ4v) is 3.65. The summed E-state index contributed by atoms with van der Waals surface area (Å²) in [7, 11) is 0. The molecular weight excluding hydrogens is 292 g/mol. The van der Waals surface area contributed by atoms with E-state index in [1.54, 1.807) is 0 Å². The van der Waals surface area contributed by atoms with Gasteiger partial charge < -0.3 is 15.3 Å². The first-order valence-electron chi connectivity index (χ1n) is 8.53. The summed E-state index contributed by atoms with van der Waals surface area (Å²) in [6, 6.07) is 7.95. The number of para-hydroxylation sites is 2. The number of carbonyl (C=O) groups is 2. The molecule has 1 saturated carbocycles. The lowest BCUT2D eigenvalue weighted by Crippen LogP contribution is -2.30. The third-order valence-corrected chi connectivity index (χ3v) is 5.06. The first kappa shape index (κ1) is 15.8. The van der Waals surface area contributed by atoms with Crippen LogP contribution in [0, 0.1) is 11.8 Å². The fraction of sp³-hybridized carbons (Fsp3) is 0.556. The summed E-state index contributed by atoms with van der Waals surface area (Å²) >= 11 is 0. The summed E-state index contributed by atoms with van der Waals surface area (Å²) in [5.41, 5.74) is 1.97. The predicted octanol–water partition coefficient (Wildman–Crippen LogP) is 3.12. The molecule has 0 radical (unpaired) electrons. The zero-order valence-electron chi connectivity index (χ0n) is 13.3. The molecule has 0 spiro atoms. The summed E-state index contributed by atoms with van der Waals surface area (Å²) in [4.78, 5) is 25.9. The maximum absolute atomic E-state index is 12.5. The number of carbonyl (C=O) groups excluding carboxylic acids is 1. The Bertz CT molecular complexity index is 573. The van der Waals surface area contributed by atoms with Gasteiger partial charge in [0.05, 0.1) is 17.3 Å². The normalized spacial score (nSPS) is 24.4. The number of hydrogen-bond donors (Lipinski definition) is 2. The maximum atomic E-state index is 12.5. The van der Waals surface area contributed by atoms with Crippen LogP contribution in [0.5, 0.6) is 0 Å². The summed E-state index contributed by atoms with van der Waals surface area (Å²) < 4.78 is 0. The van der Waals surface area contributed by atoms with Crippen molar-refractivity contribution in [1.82, 2.24) is 0 Å². The van der Waals surface area contributed by atoms with E-state index < -0.39 is 5.97 Å². The van der Waals surface area contributed by atoms with Crippen LogP contribution in [0.25, 0.3) is 0 Å². The van der Waals surface area contributed by atoms with E-state index in [9.17, 15) is 9.59 Å². The van der Waals surface area contributed by atoms with Crippen molar-refractivity contribution in [3.05, 3.63) is 24.3 Å². The monoisotopic (exact) mass is 316 g/mol. The average Bonchev–Trinajstić information content (AvgIpc) is 3.09. The van der Waals surface area contributed by atoms with Gasteiger partial charge in [0.15, 0.2) is 0 Å². The fourth-order valence-electron chi connectivity index (χ4n) is 3.65. The molecule has 1 aliphatic heterocycles. The second kappa shape index (κ2) is 7.02. The highest BCUT2D eigenvalue weighted by Crippen LogP contribution is 2.32. The molecule has 0 bridgehead atoms. The number of aliphatic carboxylic acids is 1. The third kappa shape index (κ3) is 3.66. The van der Waals surface area contributed by atoms with Crippen LogP contribution in [0.2, 0.25) is 0 Å². The van der Waals surface area contributed by atoms with Crippen molar-refractivity contribution in [3.8, 4) is 0 Å². The van der Waals surface area contributed by atoms with Crippen molar-refractivity contribution in [2.45, 2.75) is 38.5 Å². The van der Waals surface area contributed by atoms with Crippen LogP contribution >= 0.6 is 0 Å². The molecule has 5 heteroatoms. The van der Waals surface area contributed by atoms with Gasteiger partial charge in [0.25, 0.3) is 0 Å². The Balaban J connectivity index is 1.63. The number of nitrogens with one attached hydrogen (secondary N) is 1. The molecule has 1 aromatic carbocycles. The smallest absolute Gasteiger partial charge is 0.306 e. The molecule has 2 N–H and O–H groups in total. The van der Waals surface area contributed by atoms with Crippen LogP contribution < -0.4 is 10.2 Å². The van der Waals surface area contributed by atoms with Gasteiger partial charge in [-0.15, -0.1) is 0 Å². The van der Waals surface area contributed by atoms with E-state index in [4.69, 9.17) is 5.11 Å². The number of carboxylic acids is 1. The van der Waals surface area contributed by atoms with Crippen LogP contribution in [-0.4, -0.2) is 30.1 Å². The Hall–Kier alpha value is -2.04. The Morgan fingerprint density at radius 2 is 1.61 bits per heavy atom. The van der Waals surface area contributed by atoms with Crippen LogP contribution in [0.1, 0.15) is 38.5 Å². The van der Waals surface area contributed by atoms with Gasteiger partial charge in [0, 0.05) is 19.0 Å². The van der Waals surface area contributed by atoms with Gasteiger partial charge in [-0.05, 0) is 50.7 Å². The molecule has 1 amide bonds. The first-order chi connectivity index (χ1) is 11.1. The lowest BCUT2D eigenvalue weighted by Gasteiger charge is -2.26. The molecule has 0 aromatic heterocycles. The van der Waals surface area contributed by atoms with Crippen molar-refractivity contribution in [2.24, 2.45) is 11.8 Å². The number of carboxylic acid groups (broad SMARTS) is 1. The van der Waals surface area contributed by atoms with E-state index in [2.05, 4.69) is 16.3 Å². The molecule has 1 aromatic rings. The highest BCUT2D eigenvalue weighted by Gasteiger charge is 2.30. The molecule has 124 valence electrons. The lowest BCUT2D eigenvalue weighted by atomic mass is 9.81. The molecule has 2 aliphatic rings. The Morgan fingerprint density at radius 3 is 2.26 bits per heavy atom. The molecule has 3 rings (SSSR count). The zero-order chi connectivity index (χ0) is 16.2. The van der Waals surface area contributed by atoms with E-state index in [-0.39, 0.29) is 17.7 Å². The summed E-state index contributed by atoms with van der Waals surface area (Å²) in [6.45, 7) is 2.08. The lowest BCUT2D eigenvalue weighted by molar-refractivity contribution is -0.143. The third-order valence-electron chi connectivity index (χ3n) is 5.06. The SMILES string of the molecule is O=C(O)C1CCC(C(=O)Nc2ccccc2N2CCCC2)CC1. The standard InChI is InChI=1S/C18H24N2O3/c21-17(13-7-9-14(10-8-13)18(22)23)19-15-5-1-2-6-16(15)20-11-3-4-12-20/h1-2,5-6,13-14H,3-4,7-12H2,(H,19,21)(H,22,23). The predicted molar refractivity (Wildman–Crippen MR) is 89.6 cm³/mol. The largest absolute Gasteiger partial charge is 0.481 e.